The predicted octanol–water partition coefficient (Wildman–Crippen LogP) is 0.989. The van der Waals surface area contributed by atoms with E-state index in [1.54, 1.807) is 13.0 Å². The lowest BCUT2D eigenvalue weighted by Crippen LogP contribution is -2.19. The van der Waals surface area contributed by atoms with Crippen molar-refractivity contribution in [3.63, 3.8) is 0 Å². The van der Waals surface area contributed by atoms with Crippen molar-refractivity contribution in [2.24, 2.45) is 0 Å². The fourth-order valence-electron chi connectivity index (χ4n) is 1.07. The Balaban J connectivity index is 2.86. The van der Waals surface area contributed by atoms with Crippen LogP contribution in [0.1, 0.15) is 6.92 Å². The van der Waals surface area contributed by atoms with Gasteiger partial charge < -0.3 is 15.3 Å². The summed E-state index contributed by atoms with van der Waals surface area (Å²) >= 11 is 5.75. The summed E-state index contributed by atoms with van der Waals surface area (Å²) in [6.07, 6.45) is -0.433. The average molecular weight is 231 g/mol. The van der Waals surface area contributed by atoms with Gasteiger partial charge in [-0.15, -0.1) is 10.2 Å². The van der Waals surface area contributed by atoms with Gasteiger partial charge >= 0.3 is 0 Å². The topological polar surface area (TPSA) is 61.3 Å². The molecule has 1 aromatic heterocycles. The molecule has 2 N–H and O–H groups in total. The molecule has 0 amide bonds. The second kappa shape index (κ2) is 5.14. The summed E-state index contributed by atoms with van der Waals surface area (Å²) in [7, 11) is 3.78. The monoisotopic (exact) mass is 230 g/mol. The molecule has 0 saturated carbocycles. The van der Waals surface area contributed by atoms with Crippen LogP contribution in [0, 0.1) is 0 Å². The summed E-state index contributed by atoms with van der Waals surface area (Å²) in [5, 5.41) is 20.2. The summed E-state index contributed by atoms with van der Waals surface area (Å²) in [5.74, 6) is 0.616. The molecule has 1 rings (SSSR count). The van der Waals surface area contributed by atoms with Crippen LogP contribution in [0.15, 0.2) is 6.07 Å². The van der Waals surface area contributed by atoms with Crippen LogP contribution in [-0.4, -0.2) is 42.0 Å². The van der Waals surface area contributed by atoms with Crippen LogP contribution < -0.4 is 10.2 Å². The van der Waals surface area contributed by atoms with Crippen molar-refractivity contribution in [1.82, 2.24) is 10.2 Å². The van der Waals surface area contributed by atoms with Gasteiger partial charge in [0, 0.05) is 26.7 Å². The van der Waals surface area contributed by atoms with Crippen LogP contribution in [0.25, 0.3) is 0 Å². The Morgan fingerprint density at radius 3 is 2.73 bits per heavy atom. The van der Waals surface area contributed by atoms with Crippen molar-refractivity contribution in [2.45, 2.75) is 13.0 Å². The molecule has 0 saturated heterocycles. The van der Waals surface area contributed by atoms with Gasteiger partial charge in [0.05, 0.1) is 11.8 Å². The van der Waals surface area contributed by atoms with E-state index in [9.17, 15) is 0 Å². The lowest BCUT2D eigenvalue weighted by Gasteiger charge is -2.17. The number of halogens is 1. The normalized spacial score (nSPS) is 12.3. The fraction of sp³-hybridized carbons (Fsp3) is 0.556. The van der Waals surface area contributed by atoms with E-state index in [1.165, 1.54) is 0 Å². The highest BCUT2D eigenvalue weighted by Gasteiger charge is 2.08. The van der Waals surface area contributed by atoms with Gasteiger partial charge in [-0.2, -0.15) is 0 Å². The standard InChI is InChI=1S/C9H15ClN4O/c1-6(15)5-11-9-7(14(2)3)4-8(10)12-13-9/h4,6,15H,5H2,1-3H3,(H,11,13)/t6-/m1/s1. The van der Waals surface area contributed by atoms with Gasteiger partial charge in [0.1, 0.15) is 0 Å². The zero-order valence-corrected chi connectivity index (χ0v) is 9.78. The lowest BCUT2D eigenvalue weighted by atomic mass is 10.3. The maximum Gasteiger partial charge on any atom is 0.172 e. The number of nitrogens with zero attached hydrogens (tertiary/aromatic N) is 3. The third-order valence-corrected chi connectivity index (χ3v) is 1.98. The minimum atomic E-state index is -0.433. The van der Waals surface area contributed by atoms with Gasteiger partial charge in [-0.1, -0.05) is 11.6 Å². The predicted molar refractivity (Wildman–Crippen MR) is 61.5 cm³/mol. The van der Waals surface area contributed by atoms with Crippen LogP contribution in [0.3, 0.4) is 0 Å². The maximum atomic E-state index is 9.15. The van der Waals surface area contributed by atoms with E-state index in [1.807, 2.05) is 19.0 Å². The van der Waals surface area contributed by atoms with E-state index < -0.39 is 6.10 Å². The fourth-order valence-corrected chi connectivity index (χ4v) is 1.21. The minimum Gasteiger partial charge on any atom is -0.392 e. The van der Waals surface area contributed by atoms with Crippen molar-refractivity contribution in [2.75, 3.05) is 30.9 Å². The summed E-state index contributed by atoms with van der Waals surface area (Å²) in [5.41, 5.74) is 0.843. The minimum absolute atomic E-state index is 0.348. The Hall–Kier alpha value is -1.07. The van der Waals surface area contributed by atoms with Crippen molar-refractivity contribution >= 4 is 23.1 Å². The zero-order valence-electron chi connectivity index (χ0n) is 9.03. The Kier molecular flexibility index (Phi) is 4.11. The highest BCUT2D eigenvalue weighted by atomic mass is 35.5. The number of anilines is 2. The van der Waals surface area contributed by atoms with Gasteiger partial charge in [0.15, 0.2) is 11.0 Å². The van der Waals surface area contributed by atoms with Crippen molar-refractivity contribution in [3.05, 3.63) is 11.2 Å². The Morgan fingerprint density at radius 2 is 2.20 bits per heavy atom. The third-order valence-electron chi connectivity index (χ3n) is 1.79. The molecule has 0 unspecified atom stereocenters. The van der Waals surface area contributed by atoms with Crippen molar-refractivity contribution in [3.8, 4) is 0 Å². The van der Waals surface area contributed by atoms with Gasteiger partial charge in [0.2, 0.25) is 0 Å². The van der Waals surface area contributed by atoms with Crippen molar-refractivity contribution in [1.29, 1.82) is 0 Å². The van der Waals surface area contributed by atoms with Gasteiger partial charge in [-0.3, -0.25) is 0 Å². The first-order chi connectivity index (χ1) is 7.00. The summed E-state index contributed by atoms with van der Waals surface area (Å²) in [4.78, 5) is 1.88. The molecular formula is C9H15ClN4O. The van der Waals surface area contributed by atoms with E-state index in [0.717, 1.165) is 5.69 Å². The molecule has 0 aromatic carbocycles. The second-order valence-corrected chi connectivity index (χ2v) is 3.91. The number of hydrogen-bond acceptors (Lipinski definition) is 5. The molecule has 0 radical (unpaired) electrons. The van der Waals surface area contributed by atoms with E-state index in [-0.39, 0.29) is 0 Å². The van der Waals surface area contributed by atoms with Crippen LogP contribution in [-0.2, 0) is 0 Å². The Morgan fingerprint density at radius 1 is 1.53 bits per heavy atom. The summed E-state index contributed by atoms with van der Waals surface area (Å²) in [6.45, 7) is 2.13. The molecular weight excluding hydrogens is 216 g/mol. The first kappa shape index (κ1) is 12.0. The Bertz CT molecular complexity index is 330. The van der Waals surface area contributed by atoms with Crippen molar-refractivity contribution < 1.29 is 5.11 Å². The second-order valence-electron chi connectivity index (χ2n) is 3.53. The molecule has 0 aliphatic carbocycles. The zero-order chi connectivity index (χ0) is 11.4. The molecule has 1 heterocycles. The number of rotatable bonds is 4. The quantitative estimate of drug-likeness (QED) is 0.808. The first-order valence-electron chi connectivity index (χ1n) is 4.63. The van der Waals surface area contributed by atoms with E-state index in [2.05, 4.69) is 15.5 Å². The van der Waals surface area contributed by atoms with E-state index in [4.69, 9.17) is 16.7 Å². The molecule has 1 atom stereocenters. The average Bonchev–Trinajstić information content (AvgIpc) is 2.15. The molecule has 0 aliphatic rings. The number of aliphatic hydroxyl groups excluding tert-OH is 1. The smallest absolute Gasteiger partial charge is 0.172 e. The largest absolute Gasteiger partial charge is 0.392 e. The van der Waals surface area contributed by atoms with Gasteiger partial charge in [0.25, 0.3) is 0 Å². The van der Waals surface area contributed by atoms with Gasteiger partial charge in [-0.25, -0.2) is 0 Å². The highest BCUT2D eigenvalue weighted by molar-refractivity contribution is 6.29. The van der Waals surface area contributed by atoms with E-state index >= 15 is 0 Å². The first-order valence-corrected chi connectivity index (χ1v) is 5.01. The highest BCUT2D eigenvalue weighted by Crippen LogP contribution is 2.23. The van der Waals surface area contributed by atoms with Crippen LogP contribution in [0.5, 0.6) is 0 Å². The molecule has 15 heavy (non-hydrogen) atoms. The summed E-state index contributed by atoms with van der Waals surface area (Å²) < 4.78 is 0. The third kappa shape index (κ3) is 3.53. The molecule has 5 nitrogen and oxygen atoms in total. The van der Waals surface area contributed by atoms with E-state index in [0.29, 0.717) is 17.5 Å². The summed E-state index contributed by atoms with van der Waals surface area (Å²) in [6, 6.07) is 1.72. The number of nitrogens with one attached hydrogen (secondary N) is 1. The van der Waals surface area contributed by atoms with Crippen LogP contribution >= 0.6 is 11.6 Å². The molecule has 0 bridgehead atoms. The molecule has 0 fully saturated rings. The van der Waals surface area contributed by atoms with Crippen LogP contribution in [0.4, 0.5) is 11.5 Å². The number of hydrogen-bond donors (Lipinski definition) is 2. The molecule has 84 valence electrons. The SMILES string of the molecule is C[C@@H](O)CNc1nnc(Cl)cc1N(C)C. The molecule has 6 heteroatoms. The Labute approximate surface area is 94.1 Å². The molecule has 1 aromatic rings. The molecule has 0 aliphatic heterocycles. The lowest BCUT2D eigenvalue weighted by molar-refractivity contribution is 0.208. The van der Waals surface area contributed by atoms with Crippen LogP contribution in [0.2, 0.25) is 5.15 Å². The number of aromatic nitrogens is 2. The molecule has 0 spiro atoms. The maximum absolute atomic E-state index is 9.15. The van der Waals surface area contributed by atoms with Gasteiger partial charge in [-0.05, 0) is 6.92 Å². The number of aliphatic hydroxyl groups is 1.